The molecule has 3 heterocycles. The number of thiophene rings is 1. The lowest BCUT2D eigenvalue weighted by atomic mass is 9.86. The van der Waals surface area contributed by atoms with Crippen LogP contribution in [-0.2, 0) is 12.2 Å². The van der Waals surface area contributed by atoms with Crippen LogP contribution in [0.4, 0.5) is 5.69 Å². The summed E-state index contributed by atoms with van der Waals surface area (Å²) >= 11 is 3.09. The number of aromatic nitrogens is 4. The number of thioether (sulfide) groups is 1. The van der Waals surface area contributed by atoms with E-state index in [0.717, 1.165) is 17.7 Å². The molecule has 1 atom stereocenters. The molecular weight excluding hydrogens is 422 g/mol. The van der Waals surface area contributed by atoms with Gasteiger partial charge in [0.05, 0.1) is 16.2 Å². The molecule has 3 aromatic heterocycles. The first-order valence-corrected chi connectivity index (χ1v) is 11.1. The van der Waals surface area contributed by atoms with Crippen LogP contribution in [0.25, 0.3) is 5.78 Å². The molecule has 0 N–H and O–H groups in total. The molecule has 0 spiro atoms. The number of benzene rings is 1. The summed E-state index contributed by atoms with van der Waals surface area (Å²) in [7, 11) is 0. The van der Waals surface area contributed by atoms with Crippen molar-refractivity contribution in [2.75, 3.05) is 0 Å². The predicted molar refractivity (Wildman–Crippen MR) is 113 cm³/mol. The van der Waals surface area contributed by atoms with Gasteiger partial charge in [-0.05, 0) is 23.4 Å². The molecule has 0 amide bonds. The smallest absolute Gasteiger partial charge is 0.269 e. The van der Waals surface area contributed by atoms with Crippen molar-refractivity contribution in [2.24, 2.45) is 0 Å². The average molecular weight is 438 g/mol. The maximum atomic E-state index is 12.7. The number of carbonyl (C=O) groups excluding carboxylic acids is 1. The van der Waals surface area contributed by atoms with Crippen LogP contribution < -0.4 is 0 Å². The minimum Gasteiger partial charge on any atom is -0.294 e. The molecule has 4 aromatic rings. The molecule has 5 rings (SSSR count). The Labute approximate surface area is 179 Å². The Balaban J connectivity index is 1.36. The molecule has 0 saturated carbocycles. The lowest BCUT2D eigenvalue weighted by molar-refractivity contribution is -0.384. The average Bonchev–Trinajstić information content (AvgIpc) is 3.40. The van der Waals surface area contributed by atoms with Gasteiger partial charge in [-0.25, -0.2) is 9.50 Å². The molecule has 1 aliphatic rings. The third kappa shape index (κ3) is 3.59. The number of hydrogen-bond donors (Lipinski definition) is 0. The van der Waals surface area contributed by atoms with Gasteiger partial charge < -0.3 is 0 Å². The second kappa shape index (κ2) is 7.62. The molecule has 0 aliphatic heterocycles. The molecule has 0 fully saturated rings. The van der Waals surface area contributed by atoms with Crippen LogP contribution in [0.15, 0.2) is 53.1 Å². The fourth-order valence-electron chi connectivity index (χ4n) is 3.51. The minimum absolute atomic E-state index is 0.0647. The molecule has 8 nitrogen and oxygen atoms in total. The fourth-order valence-corrected chi connectivity index (χ4v) is 5.12. The standard InChI is InChI=1S/C20H15N5O3S2/c26-17-9-13(18-2-1-7-29-18)8-16-15(17)10-24-19(21-16)22-20(23-24)30-11-12-3-5-14(6-4-12)25(27)28/h1-7,10,13H,8-9,11H2/t13-/m0/s1. The molecule has 1 aromatic carbocycles. The van der Waals surface area contributed by atoms with Gasteiger partial charge in [-0.2, -0.15) is 4.98 Å². The third-order valence-electron chi connectivity index (χ3n) is 5.02. The number of nitrogens with zero attached hydrogens (tertiary/aromatic N) is 5. The van der Waals surface area contributed by atoms with Crippen molar-refractivity contribution in [1.82, 2.24) is 19.6 Å². The monoisotopic (exact) mass is 437 g/mol. The summed E-state index contributed by atoms with van der Waals surface area (Å²) in [5.41, 5.74) is 2.39. The van der Waals surface area contributed by atoms with Gasteiger partial charge in [-0.3, -0.25) is 14.9 Å². The van der Waals surface area contributed by atoms with Crippen molar-refractivity contribution in [1.29, 1.82) is 0 Å². The van der Waals surface area contributed by atoms with Crippen LogP contribution in [0.5, 0.6) is 0 Å². The van der Waals surface area contributed by atoms with E-state index in [1.165, 1.54) is 28.8 Å². The lowest BCUT2D eigenvalue weighted by Gasteiger charge is -2.21. The van der Waals surface area contributed by atoms with Gasteiger partial charge in [0.15, 0.2) is 5.78 Å². The molecule has 0 bridgehead atoms. The normalized spacial score (nSPS) is 16.0. The van der Waals surface area contributed by atoms with E-state index in [1.807, 2.05) is 11.4 Å². The number of carbonyl (C=O) groups is 1. The molecule has 150 valence electrons. The van der Waals surface area contributed by atoms with Crippen molar-refractivity contribution in [3.05, 3.63) is 79.8 Å². The maximum Gasteiger partial charge on any atom is 0.269 e. The van der Waals surface area contributed by atoms with Gasteiger partial charge in [0.1, 0.15) is 0 Å². The van der Waals surface area contributed by atoms with E-state index in [2.05, 4.69) is 21.1 Å². The second-order valence-electron chi connectivity index (χ2n) is 7.00. The molecule has 1 aliphatic carbocycles. The van der Waals surface area contributed by atoms with E-state index in [1.54, 1.807) is 34.2 Å². The largest absolute Gasteiger partial charge is 0.294 e. The zero-order chi connectivity index (χ0) is 20.7. The summed E-state index contributed by atoms with van der Waals surface area (Å²) < 4.78 is 1.56. The summed E-state index contributed by atoms with van der Waals surface area (Å²) in [6, 6.07) is 10.5. The highest BCUT2D eigenvalue weighted by molar-refractivity contribution is 7.98. The van der Waals surface area contributed by atoms with Gasteiger partial charge in [0.25, 0.3) is 11.5 Å². The lowest BCUT2D eigenvalue weighted by Crippen LogP contribution is -2.20. The number of ketones is 1. The Morgan fingerprint density at radius 1 is 1.20 bits per heavy atom. The van der Waals surface area contributed by atoms with Gasteiger partial charge in [-0.1, -0.05) is 30.0 Å². The van der Waals surface area contributed by atoms with E-state index >= 15 is 0 Å². The van der Waals surface area contributed by atoms with Gasteiger partial charge in [0, 0.05) is 41.3 Å². The van der Waals surface area contributed by atoms with Crippen LogP contribution in [0, 0.1) is 10.1 Å². The molecular formula is C20H15N5O3S2. The van der Waals surface area contributed by atoms with Crippen LogP contribution in [-0.4, -0.2) is 30.3 Å². The molecule has 30 heavy (non-hydrogen) atoms. The highest BCUT2D eigenvalue weighted by atomic mass is 32.2. The number of hydrogen-bond acceptors (Lipinski definition) is 8. The number of rotatable bonds is 5. The van der Waals surface area contributed by atoms with Crippen LogP contribution in [0.3, 0.4) is 0 Å². The molecule has 10 heteroatoms. The SMILES string of the molecule is O=C1C[C@@H](c2cccs2)Cc2nc3nc(SCc4ccc([N+](=O)[O-])cc4)nn3cc21. The highest BCUT2D eigenvalue weighted by Crippen LogP contribution is 2.34. The molecule has 0 radical (unpaired) electrons. The Morgan fingerprint density at radius 2 is 2.03 bits per heavy atom. The quantitative estimate of drug-likeness (QED) is 0.260. The zero-order valence-electron chi connectivity index (χ0n) is 15.6. The number of non-ortho nitro benzene ring substituents is 1. The first kappa shape index (κ1) is 18.9. The summed E-state index contributed by atoms with van der Waals surface area (Å²) in [5, 5.41) is 17.8. The summed E-state index contributed by atoms with van der Waals surface area (Å²) in [5.74, 6) is 1.30. The van der Waals surface area contributed by atoms with E-state index in [0.29, 0.717) is 28.7 Å². The van der Waals surface area contributed by atoms with E-state index < -0.39 is 4.92 Å². The summed E-state index contributed by atoms with van der Waals surface area (Å²) in [4.78, 5) is 33.3. The summed E-state index contributed by atoms with van der Waals surface area (Å²) in [6.45, 7) is 0. The Hall–Kier alpha value is -3.11. The first-order chi connectivity index (χ1) is 14.6. The first-order valence-electron chi connectivity index (χ1n) is 9.26. The number of nitro benzene ring substituents is 1. The number of Topliss-reactive ketones (excluding diaryl/α,β-unsaturated/α-hetero) is 1. The molecule has 0 unspecified atom stereocenters. The Morgan fingerprint density at radius 3 is 2.77 bits per heavy atom. The number of nitro groups is 1. The zero-order valence-corrected chi connectivity index (χ0v) is 17.2. The van der Waals surface area contributed by atoms with Crippen molar-refractivity contribution in [2.45, 2.75) is 29.7 Å². The Bertz CT molecular complexity index is 1250. The maximum absolute atomic E-state index is 12.7. The van der Waals surface area contributed by atoms with Gasteiger partial charge in [0.2, 0.25) is 5.16 Å². The summed E-state index contributed by atoms with van der Waals surface area (Å²) in [6.07, 6.45) is 2.93. The minimum atomic E-state index is -0.418. The van der Waals surface area contributed by atoms with Crippen LogP contribution in [0.2, 0.25) is 0 Å². The second-order valence-corrected chi connectivity index (χ2v) is 8.92. The number of fused-ring (bicyclic) bond motifs is 2. The topological polar surface area (TPSA) is 103 Å². The fraction of sp³-hybridized carbons (Fsp3) is 0.200. The van der Waals surface area contributed by atoms with Gasteiger partial charge >= 0.3 is 0 Å². The van der Waals surface area contributed by atoms with Gasteiger partial charge in [-0.15, -0.1) is 16.4 Å². The van der Waals surface area contributed by atoms with Crippen LogP contribution >= 0.6 is 23.1 Å². The van der Waals surface area contributed by atoms with Crippen molar-refractivity contribution < 1.29 is 9.72 Å². The Kier molecular flexibility index (Phi) is 4.80. The van der Waals surface area contributed by atoms with Crippen molar-refractivity contribution in [3.8, 4) is 0 Å². The van der Waals surface area contributed by atoms with Crippen molar-refractivity contribution >= 4 is 40.3 Å². The van der Waals surface area contributed by atoms with Crippen LogP contribution in [0.1, 0.15) is 38.8 Å². The third-order valence-corrected chi connectivity index (χ3v) is 6.97. The van der Waals surface area contributed by atoms with E-state index in [4.69, 9.17) is 0 Å². The van der Waals surface area contributed by atoms with E-state index in [-0.39, 0.29) is 17.4 Å². The predicted octanol–water partition coefficient (Wildman–Crippen LogP) is 4.30. The van der Waals surface area contributed by atoms with E-state index in [9.17, 15) is 14.9 Å². The molecule has 0 saturated heterocycles. The highest BCUT2D eigenvalue weighted by Gasteiger charge is 2.29. The van der Waals surface area contributed by atoms with Crippen molar-refractivity contribution in [3.63, 3.8) is 0 Å².